The largest absolute Gasteiger partial charge is 0.443 e. The maximum atomic E-state index is 13.1. The first-order valence-electron chi connectivity index (χ1n) is 6.96. The summed E-state index contributed by atoms with van der Waals surface area (Å²) in [7, 11) is 1.66. The molecule has 0 bridgehead atoms. The van der Waals surface area contributed by atoms with Gasteiger partial charge in [0.2, 0.25) is 5.06 Å². The quantitative estimate of drug-likeness (QED) is 0.772. The van der Waals surface area contributed by atoms with E-state index >= 15 is 0 Å². The zero-order valence-electron chi connectivity index (χ0n) is 12.6. The van der Waals surface area contributed by atoms with Gasteiger partial charge in [0, 0.05) is 18.8 Å². The molecule has 0 radical (unpaired) electrons. The lowest BCUT2D eigenvalue weighted by Crippen LogP contribution is -2.30. The molecule has 1 aromatic carbocycles. The standard InChI is InChI=1S/C16H13FN4O2S/c1-21(12-5-3-2-4-6-12)16(22)20-15-19-10-14(24-15)23-13-7-11(17)8-18-9-13/h2-10H,1H3,(H,19,20,22). The highest BCUT2D eigenvalue weighted by Gasteiger charge is 2.13. The van der Waals surface area contributed by atoms with Crippen LogP contribution in [0.15, 0.2) is 55.0 Å². The van der Waals surface area contributed by atoms with E-state index in [4.69, 9.17) is 4.74 Å². The van der Waals surface area contributed by atoms with Crippen LogP contribution >= 0.6 is 11.3 Å². The number of rotatable bonds is 4. The summed E-state index contributed by atoms with van der Waals surface area (Å²) in [6, 6.07) is 10.1. The zero-order chi connectivity index (χ0) is 16.9. The van der Waals surface area contributed by atoms with E-state index in [0.29, 0.717) is 10.2 Å². The van der Waals surface area contributed by atoms with E-state index < -0.39 is 5.82 Å². The number of urea groups is 1. The number of carbonyl (C=O) groups is 1. The van der Waals surface area contributed by atoms with Gasteiger partial charge in [0.15, 0.2) is 5.13 Å². The molecule has 0 atom stereocenters. The van der Waals surface area contributed by atoms with Crippen molar-refractivity contribution in [3.8, 4) is 10.8 Å². The summed E-state index contributed by atoms with van der Waals surface area (Å²) < 4.78 is 18.5. The van der Waals surface area contributed by atoms with Crippen molar-refractivity contribution in [3.05, 3.63) is 60.8 Å². The number of halogens is 1. The van der Waals surface area contributed by atoms with Crippen LogP contribution in [-0.4, -0.2) is 23.0 Å². The number of aromatic nitrogens is 2. The molecule has 0 saturated heterocycles. The van der Waals surface area contributed by atoms with Crippen molar-refractivity contribution in [1.82, 2.24) is 9.97 Å². The smallest absolute Gasteiger partial charge is 0.327 e. The first-order chi connectivity index (χ1) is 11.6. The highest BCUT2D eigenvalue weighted by Crippen LogP contribution is 2.30. The maximum Gasteiger partial charge on any atom is 0.327 e. The lowest BCUT2D eigenvalue weighted by Gasteiger charge is -2.16. The van der Waals surface area contributed by atoms with Crippen molar-refractivity contribution in [2.45, 2.75) is 0 Å². The summed E-state index contributed by atoms with van der Waals surface area (Å²) in [4.78, 5) is 21.4. The number of nitrogens with zero attached hydrogens (tertiary/aromatic N) is 3. The minimum Gasteiger partial charge on any atom is -0.443 e. The molecule has 0 fully saturated rings. The Bertz CT molecular complexity index is 841. The summed E-state index contributed by atoms with van der Waals surface area (Å²) in [6.45, 7) is 0. The SMILES string of the molecule is CN(C(=O)Nc1ncc(Oc2cncc(F)c2)s1)c1ccccc1. The maximum absolute atomic E-state index is 13.1. The third kappa shape index (κ3) is 3.85. The van der Waals surface area contributed by atoms with Crippen LogP contribution in [0.3, 0.4) is 0 Å². The second-order valence-electron chi connectivity index (χ2n) is 4.75. The number of ether oxygens (including phenoxy) is 1. The Balaban J connectivity index is 1.64. The number of amides is 2. The molecule has 8 heteroatoms. The van der Waals surface area contributed by atoms with E-state index in [1.807, 2.05) is 30.3 Å². The average molecular weight is 344 g/mol. The molecule has 24 heavy (non-hydrogen) atoms. The van der Waals surface area contributed by atoms with Crippen molar-refractivity contribution in [3.63, 3.8) is 0 Å². The molecule has 6 nitrogen and oxygen atoms in total. The molecule has 3 aromatic rings. The molecule has 2 amide bonds. The molecule has 0 saturated carbocycles. The number of pyridine rings is 1. The van der Waals surface area contributed by atoms with Gasteiger partial charge in [-0.05, 0) is 12.1 Å². The molecule has 3 rings (SSSR count). The van der Waals surface area contributed by atoms with Gasteiger partial charge in [0.1, 0.15) is 11.6 Å². The van der Waals surface area contributed by atoms with Gasteiger partial charge >= 0.3 is 6.03 Å². The minimum atomic E-state index is -0.491. The molecule has 0 spiro atoms. The van der Waals surface area contributed by atoms with Crippen LogP contribution < -0.4 is 15.0 Å². The van der Waals surface area contributed by atoms with Crippen molar-refractivity contribution in [1.29, 1.82) is 0 Å². The summed E-state index contributed by atoms with van der Waals surface area (Å²) in [5.41, 5.74) is 0.758. The Morgan fingerprint density at radius 1 is 1.25 bits per heavy atom. The van der Waals surface area contributed by atoms with Crippen molar-refractivity contribution in [2.24, 2.45) is 0 Å². The minimum absolute atomic E-state index is 0.262. The number of para-hydroxylation sites is 1. The van der Waals surface area contributed by atoms with E-state index in [1.165, 1.54) is 23.4 Å². The van der Waals surface area contributed by atoms with E-state index in [1.54, 1.807) is 7.05 Å². The van der Waals surface area contributed by atoms with Crippen LogP contribution in [0, 0.1) is 5.82 Å². The summed E-state index contributed by atoms with van der Waals surface area (Å²) >= 11 is 1.13. The number of carbonyl (C=O) groups excluding carboxylic acids is 1. The summed E-state index contributed by atoms with van der Waals surface area (Å²) in [6.07, 6.45) is 3.93. The van der Waals surface area contributed by atoms with E-state index in [0.717, 1.165) is 23.2 Å². The molecule has 122 valence electrons. The van der Waals surface area contributed by atoms with Gasteiger partial charge in [0.25, 0.3) is 0 Å². The second-order valence-corrected chi connectivity index (χ2v) is 5.74. The molecule has 2 aromatic heterocycles. The molecule has 0 aliphatic carbocycles. The van der Waals surface area contributed by atoms with Crippen molar-refractivity contribution < 1.29 is 13.9 Å². The number of benzene rings is 1. The molecule has 0 aliphatic rings. The van der Waals surface area contributed by atoms with Crippen molar-refractivity contribution >= 4 is 28.2 Å². The zero-order valence-corrected chi connectivity index (χ0v) is 13.5. The third-order valence-corrected chi connectivity index (χ3v) is 3.84. The predicted molar refractivity (Wildman–Crippen MR) is 90.2 cm³/mol. The van der Waals surface area contributed by atoms with E-state index in [-0.39, 0.29) is 11.8 Å². The van der Waals surface area contributed by atoms with Gasteiger partial charge in [-0.25, -0.2) is 14.2 Å². The van der Waals surface area contributed by atoms with Crippen LogP contribution in [0.25, 0.3) is 0 Å². The van der Waals surface area contributed by atoms with E-state index in [9.17, 15) is 9.18 Å². The Morgan fingerprint density at radius 3 is 2.79 bits per heavy atom. The fraction of sp³-hybridized carbons (Fsp3) is 0.0625. The Morgan fingerprint density at radius 2 is 2.04 bits per heavy atom. The predicted octanol–water partition coefficient (Wildman–Crippen LogP) is 4.14. The third-order valence-electron chi connectivity index (χ3n) is 3.04. The van der Waals surface area contributed by atoms with E-state index in [2.05, 4.69) is 15.3 Å². The monoisotopic (exact) mass is 344 g/mol. The van der Waals surface area contributed by atoms with Gasteiger partial charge in [-0.2, -0.15) is 0 Å². The molecular formula is C16H13FN4O2S. The second kappa shape index (κ2) is 7.05. The molecule has 1 N–H and O–H groups in total. The van der Waals surface area contributed by atoms with Crippen LogP contribution in [0.1, 0.15) is 0 Å². The van der Waals surface area contributed by atoms with Gasteiger partial charge < -0.3 is 4.74 Å². The number of thiazole rings is 1. The molecule has 0 unspecified atom stereocenters. The van der Waals surface area contributed by atoms with Gasteiger partial charge in [-0.15, -0.1) is 0 Å². The van der Waals surface area contributed by atoms with Crippen LogP contribution in [0.5, 0.6) is 10.8 Å². The Labute approximate surface area is 141 Å². The lowest BCUT2D eigenvalue weighted by atomic mass is 10.3. The molecular weight excluding hydrogens is 331 g/mol. The Hall–Kier alpha value is -3.00. The lowest BCUT2D eigenvalue weighted by molar-refractivity contribution is 0.258. The fourth-order valence-electron chi connectivity index (χ4n) is 1.87. The van der Waals surface area contributed by atoms with Gasteiger partial charge in [-0.3, -0.25) is 15.2 Å². The highest BCUT2D eigenvalue weighted by atomic mass is 32.1. The first-order valence-corrected chi connectivity index (χ1v) is 7.77. The Kier molecular flexibility index (Phi) is 4.66. The molecule has 2 heterocycles. The van der Waals surface area contributed by atoms with Crippen LogP contribution in [0.2, 0.25) is 0 Å². The normalized spacial score (nSPS) is 10.2. The number of nitrogens with one attached hydrogen (secondary N) is 1. The molecule has 0 aliphatic heterocycles. The topological polar surface area (TPSA) is 67.4 Å². The van der Waals surface area contributed by atoms with Crippen LogP contribution in [0.4, 0.5) is 20.0 Å². The fourth-order valence-corrected chi connectivity index (χ4v) is 2.55. The number of anilines is 2. The van der Waals surface area contributed by atoms with Crippen molar-refractivity contribution in [2.75, 3.05) is 17.3 Å². The average Bonchev–Trinajstić information content (AvgIpc) is 3.02. The van der Waals surface area contributed by atoms with Gasteiger partial charge in [-0.1, -0.05) is 29.5 Å². The first kappa shape index (κ1) is 15.9. The number of hydrogen-bond donors (Lipinski definition) is 1. The van der Waals surface area contributed by atoms with Gasteiger partial charge in [0.05, 0.1) is 18.6 Å². The highest BCUT2D eigenvalue weighted by molar-refractivity contribution is 7.17. The summed E-state index contributed by atoms with van der Waals surface area (Å²) in [5, 5.41) is 3.48. The number of hydrogen-bond acceptors (Lipinski definition) is 5. The van der Waals surface area contributed by atoms with Crippen LogP contribution in [-0.2, 0) is 0 Å². The summed E-state index contributed by atoms with van der Waals surface area (Å²) in [5.74, 6) is -0.229.